The van der Waals surface area contributed by atoms with Crippen LogP contribution in [-0.2, 0) is 9.59 Å². The highest BCUT2D eigenvalue weighted by atomic mass is 35.5. The van der Waals surface area contributed by atoms with Gasteiger partial charge >= 0.3 is 5.97 Å². The normalized spacial score (nSPS) is 28.2. The maximum Gasteiger partial charge on any atom is 0.306 e. The quantitative estimate of drug-likeness (QED) is 0.413. The molecular formula is C28H35ClN2O4. The van der Waals surface area contributed by atoms with Gasteiger partial charge in [-0.25, -0.2) is 0 Å². The third-order valence-corrected chi connectivity index (χ3v) is 8.48. The fraction of sp³-hybridized carbons (Fsp3) is 0.607. The van der Waals surface area contributed by atoms with E-state index in [-0.39, 0.29) is 11.8 Å². The van der Waals surface area contributed by atoms with Gasteiger partial charge in [-0.1, -0.05) is 36.7 Å². The smallest absolute Gasteiger partial charge is 0.306 e. The van der Waals surface area contributed by atoms with Crippen molar-refractivity contribution in [3.63, 3.8) is 0 Å². The van der Waals surface area contributed by atoms with E-state index in [2.05, 4.69) is 24.3 Å². The second-order valence-corrected chi connectivity index (χ2v) is 11.9. The Morgan fingerprint density at radius 1 is 1.17 bits per heavy atom. The summed E-state index contributed by atoms with van der Waals surface area (Å²) in [7, 11) is 0. The lowest BCUT2D eigenvalue weighted by Crippen LogP contribution is -2.26. The first-order valence-corrected chi connectivity index (χ1v) is 13.4. The molecule has 0 radical (unpaired) electrons. The number of rotatable bonds is 8. The topological polar surface area (TPSA) is 92.4 Å². The van der Waals surface area contributed by atoms with Crippen molar-refractivity contribution >= 4 is 29.2 Å². The van der Waals surface area contributed by atoms with Crippen LogP contribution in [0.5, 0.6) is 0 Å². The number of nitrogens with zero attached hydrogens (tertiary/aromatic N) is 1. The van der Waals surface area contributed by atoms with Gasteiger partial charge in [0.15, 0.2) is 0 Å². The first kappa shape index (κ1) is 24.4. The summed E-state index contributed by atoms with van der Waals surface area (Å²) in [6.45, 7) is 6.48. The Balaban J connectivity index is 1.40. The minimum Gasteiger partial charge on any atom is -0.481 e. The molecule has 3 saturated carbocycles. The number of nitrogens with one attached hydrogen (secondary N) is 1. The molecule has 7 heteroatoms. The lowest BCUT2D eigenvalue weighted by atomic mass is 9.69. The number of anilines is 1. The van der Waals surface area contributed by atoms with Gasteiger partial charge in [0.05, 0.1) is 22.3 Å². The Morgan fingerprint density at radius 2 is 1.91 bits per heavy atom. The number of halogens is 1. The van der Waals surface area contributed by atoms with Crippen LogP contribution in [0.15, 0.2) is 22.7 Å². The van der Waals surface area contributed by atoms with E-state index in [1.165, 1.54) is 12.0 Å². The second kappa shape index (κ2) is 9.61. The van der Waals surface area contributed by atoms with Crippen molar-refractivity contribution < 1.29 is 19.2 Å². The van der Waals surface area contributed by atoms with Gasteiger partial charge in [-0.15, -0.1) is 0 Å². The highest BCUT2D eigenvalue weighted by molar-refractivity contribution is 6.33. The van der Waals surface area contributed by atoms with Crippen molar-refractivity contribution in [1.82, 2.24) is 5.16 Å². The third kappa shape index (κ3) is 5.00. The number of aliphatic carboxylic acids is 1. The van der Waals surface area contributed by atoms with Gasteiger partial charge in [-0.05, 0) is 87.3 Å². The Bertz CT molecular complexity index is 1120. The van der Waals surface area contributed by atoms with Crippen molar-refractivity contribution in [3.05, 3.63) is 45.8 Å². The van der Waals surface area contributed by atoms with Crippen molar-refractivity contribution in [2.75, 3.05) is 5.32 Å². The van der Waals surface area contributed by atoms with Gasteiger partial charge in [0, 0.05) is 23.3 Å². The summed E-state index contributed by atoms with van der Waals surface area (Å²) in [6, 6.07) is 5.50. The van der Waals surface area contributed by atoms with Crippen molar-refractivity contribution in [2.45, 2.75) is 83.5 Å². The molecule has 0 spiro atoms. The van der Waals surface area contributed by atoms with E-state index in [0.29, 0.717) is 41.3 Å². The highest BCUT2D eigenvalue weighted by Crippen LogP contribution is 2.55. The van der Waals surface area contributed by atoms with E-state index < -0.39 is 17.8 Å². The number of hydrogen-bond donors (Lipinski definition) is 2. The molecule has 35 heavy (non-hydrogen) atoms. The van der Waals surface area contributed by atoms with Gasteiger partial charge in [0.1, 0.15) is 5.76 Å². The standard InChI is InChI=1S/C28H35ClN2O4/c1-14(2)8-16-10-18(11-16)26-24(17-5-6-17)25(31-35-26)20-12-19(28(33)34)13-21(20)27(32)30-23-7-4-15(3)9-22(23)29/h4,7,9,14,16-21H,5-6,8,10-13H2,1-3H3,(H,30,32)(H,33,34)/t16-,18+,19-,20+,21+/m1/s1. The molecular weight excluding hydrogens is 464 g/mol. The summed E-state index contributed by atoms with van der Waals surface area (Å²) in [6.07, 6.45) is 6.41. The number of amides is 1. The van der Waals surface area contributed by atoms with E-state index in [1.807, 2.05) is 19.1 Å². The van der Waals surface area contributed by atoms with E-state index in [0.717, 1.165) is 48.6 Å². The summed E-state index contributed by atoms with van der Waals surface area (Å²) < 4.78 is 5.99. The van der Waals surface area contributed by atoms with Crippen molar-refractivity contribution in [2.24, 2.45) is 23.7 Å². The number of aromatic nitrogens is 1. The molecule has 3 aliphatic rings. The molecule has 0 unspecified atom stereocenters. The number of hydrogen-bond acceptors (Lipinski definition) is 4. The predicted molar refractivity (Wildman–Crippen MR) is 135 cm³/mol. The summed E-state index contributed by atoms with van der Waals surface area (Å²) >= 11 is 6.36. The fourth-order valence-electron chi connectivity index (χ4n) is 6.25. The molecule has 3 aliphatic carbocycles. The molecule has 1 amide bonds. The largest absolute Gasteiger partial charge is 0.481 e. The lowest BCUT2D eigenvalue weighted by molar-refractivity contribution is -0.141. The first-order valence-electron chi connectivity index (χ1n) is 13.0. The van der Waals surface area contributed by atoms with Crippen molar-refractivity contribution in [1.29, 1.82) is 0 Å². The zero-order chi connectivity index (χ0) is 24.9. The predicted octanol–water partition coefficient (Wildman–Crippen LogP) is 6.89. The maximum absolute atomic E-state index is 13.4. The molecule has 2 N–H and O–H groups in total. The van der Waals surface area contributed by atoms with Gasteiger partial charge in [-0.3, -0.25) is 9.59 Å². The molecule has 3 fully saturated rings. The summed E-state index contributed by atoms with van der Waals surface area (Å²) in [5.74, 6) is 0.877. The van der Waals surface area contributed by atoms with Gasteiger partial charge in [0.25, 0.3) is 0 Å². The summed E-state index contributed by atoms with van der Waals surface area (Å²) in [5, 5.41) is 17.7. The minimum absolute atomic E-state index is 0.198. The third-order valence-electron chi connectivity index (χ3n) is 8.16. The second-order valence-electron chi connectivity index (χ2n) is 11.5. The summed E-state index contributed by atoms with van der Waals surface area (Å²) in [5.41, 5.74) is 3.57. The molecule has 6 nitrogen and oxygen atoms in total. The summed E-state index contributed by atoms with van der Waals surface area (Å²) in [4.78, 5) is 25.4. The Kier molecular flexibility index (Phi) is 6.69. The Morgan fingerprint density at radius 3 is 2.54 bits per heavy atom. The molecule has 1 aromatic heterocycles. The van der Waals surface area contributed by atoms with Crippen LogP contribution in [0.3, 0.4) is 0 Å². The molecule has 0 saturated heterocycles. The van der Waals surface area contributed by atoms with Crippen LogP contribution < -0.4 is 5.32 Å². The number of carbonyl (C=O) groups excluding carboxylic acids is 1. The molecule has 0 bridgehead atoms. The average molecular weight is 499 g/mol. The number of aryl methyl sites for hydroxylation is 1. The number of carboxylic acid groups (broad SMARTS) is 1. The van der Waals surface area contributed by atoms with Crippen LogP contribution in [0.2, 0.25) is 5.02 Å². The Hall–Kier alpha value is -2.34. The molecule has 1 aromatic carbocycles. The number of carboxylic acids is 1. The molecule has 2 aromatic rings. The van der Waals surface area contributed by atoms with Crippen LogP contribution in [0.1, 0.15) is 99.1 Å². The number of benzene rings is 1. The van der Waals surface area contributed by atoms with Crippen LogP contribution >= 0.6 is 11.6 Å². The fourth-order valence-corrected chi connectivity index (χ4v) is 6.54. The van der Waals surface area contributed by atoms with Gasteiger partial charge < -0.3 is 14.9 Å². The van der Waals surface area contributed by atoms with Gasteiger partial charge in [0.2, 0.25) is 5.91 Å². The average Bonchev–Trinajstić information content (AvgIpc) is 3.35. The molecule has 0 aliphatic heterocycles. The Labute approximate surface area is 211 Å². The van der Waals surface area contributed by atoms with E-state index in [1.54, 1.807) is 6.07 Å². The SMILES string of the molecule is Cc1ccc(NC(=O)[C@H]2C[C@H](C(=O)O)C[C@@H]2c2noc([C@H]3C[C@@H](CC(C)C)C3)c2C2CC2)c(Cl)c1. The lowest BCUT2D eigenvalue weighted by Gasteiger charge is -2.35. The first-order chi connectivity index (χ1) is 16.7. The zero-order valence-electron chi connectivity index (χ0n) is 20.7. The molecule has 188 valence electrons. The van der Waals surface area contributed by atoms with Crippen LogP contribution in [0, 0.1) is 30.6 Å². The minimum atomic E-state index is -0.856. The number of carbonyl (C=O) groups is 2. The van der Waals surface area contributed by atoms with Crippen molar-refractivity contribution in [3.8, 4) is 0 Å². The zero-order valence-corrected chi connectivity index (χ0v) is 21.5. The van der Waals surface area contributed by atoms with Crippen LogP contribution in [-0.4, -0.2) is 22.1 Å². The van der Waals surface area contributed by atoms with Crippen LogP contribution in [0.4, 0.5) is 5.69 Å². The maximum atomic E-state index is 13.4. The van der Waals surface area contributed by atoms with Gasteiger partial charge in [-0.2, -0.15) is 0 Å². The molecule has 5 rings (SSSR count). The monoisotopic (exact) mass is 498 g/mol. The van der Waals surface area contributed by atoms with E-state index >= 15 is 0 Å². The van der Waals surface area contributed by atoms with E-state index in [9.17, 15) is 14.7 Å². The highest BCUT2D eigenvalue weighted by Gasteiger charge is 2.48. The molecule has 1 heterocycles. The van der Waals surface area contributed by atoms with Crippen LogP contribution in [0.25, 0.3) is 0 Å². The molecule has 3 atom stereocenters. The van der Waals surface area contributed by atoms with E-state index in [4.69, 9.17) is 16.1 Å².